The van der Waals surface area contributed by atoms with Gasteiger partial charge in [-0.15, -0.1) is 0 Å². The van der Waals surface area contributed by atoms with E-state index in [0.29, 0.717) is 6.07 Å². The van der Waals surface area contributed by atoms with Gasteiger partial charge in [-0.1, -0.05) is 0 Å². The van der Waals surface area contributed by atoms with E-state index in [1.54, 1.807) is 0 Å². The number of carboxylic acid groups (broad SMARTS) is 1. The molecule has 2 N–H and O–H groups in total. The summed E-state index contributed by atoms with van der Waals surface area (Å²) < 4.78 is 52.3. The Kier molecular flexibility index (Phi) is 3.28. The van der Waals surface area contributed by atoms with E-state index < -0.39 is 23.5 Å². The lowest BCUT2D eigenvalue weighted by molar-refractivity contribution is -0.137. The van der Waals surface area contributed by atoms with E-state index in [4.69, 9.17) is 5.11 Å². The summed E-state index contributed by atoms with van der Waals surface area (Å²) in [6.07, 6.45) is -2.50. The molecule has 0 atom stereocenters. The van der Waals surface area contributed by atoms with Crippen LogP contribution in [0.1, 0.15) is 15.9 Å². The number of aromatic amines is 1. The third-order valence-electron chi connectivity index (χ3n) is 3.17. The van der Waals surface area contributed by atoms with Gasteiger partial charge in [0.05, 0.1) is 17.3 Å². The lowest BCUT2D eigenvalue weighted by atomic mass is 10.1. The summed E-state index contributed by atoms with van der Waals surface area (Å²) in [5.41, 5.74) is -1.70. The first-order valence-electron chi connectivity index (χ1n) is 6.21. The van der Waals surface area contributed by atoms with Gasteiger partial charge in [-0.3, -0.25) is 4.98 Å². The van der Waals surface area contributed by atoms with Gasteiger partial charge >= 0.3 is 12.1 Å². The number of alkyl halides is 3. The third kappa shape index (κ3) is 2.60. The van der Waals surface area contributed by atoms with Crippen molar-refractivity contribution in [3.8, 4) is 11.4 Å². The Bertz CT molecular complexity index is 918. The highest BCUT2D eigenvalue weighted by Crippen LogP contribution is 2.37. The Morgan fingerprint density at radius 1 is 1.22 bits per heavy atom. The highest BCUT2D eigenvalue weighted by atomic mass is 19.4. The number of hydrogen-bond acceptors (Lipinski definition) is 3. The van der Waals surface area contributed by atoms with Crippen molar-refractivity contribution in [2.24, 2.45) is 0 Å². The van der Waals surface area contributed by atoms with Crippen LogP contribution in [0, 0.1) is 5.82 Å². The second-order valence-corrected chi connectivity index (χ2v) is 4.66. The number of benzene rings is 1. The van der Waals surface area contributed by atoms with Crippen LogP contribution in [-0.2, 0) is 6.18 Å². The van der Waals surface area contributed by atoms with Crippen molar-refractivity contribution in [2.45, 2.75) is 6.18 Å². The topological polar surface area (TPSA) is 78.9 Å². The molecule has 3 aromatic rings. The number of aromatic nitrogens is 3. The summed E-state index contributed by atoms with van der Waals surface area (Å²) >= 11 is 0. The van der Waals surface area contributed by atoms with Gasteiger partial charge in [-0.25, -0.2) is 14.2 Å². The zero-order valence-corrected chi connectivity index (χ0v) is 11.1. The summed E-state index contributed by atoms with van der Waals surface area (Å²) in [6, 6.07) is 2.16. The Morgan fingerprint density at radius 2 is 1.96 bits per heavy atom. The molecular weight excluding hydrogens is 318 g/mol. The van der Waals surface area contributed by atoms with Crippen LogP contribution >= 0.6 is 0 Å². The molecule has 23 heavy (non-hydrogen) atoms. The lowest BCUT2D eigenvalue weighted by Crippen LogP contribution is -2.08. The van der Waals surface area contributed by atoms with Gasteiger partial charge < -0.3 is 10.1 Å². The maximum Gasteiger partial charge on any atom is 0.417 e. The maximum absolute atomic E-state index is 13.1. The average molecular weight is 325 g/mol. The molecule has 0 aliphatic carbocycles. The first-order chi connectivity index (χ1) is 10.8. The summed E-state index contributed by atoms with van der Waals surface area (Å²) in [4.78, 5) is 21.3. The standard InChI is InChI=1S/C14H7F4N3O2/c15-6-1-2-7(9(3-6)14(16,17)18)12-20-10-5-19-4-8(13(22)23)11(10)21-12/h1-5H,(H,20,21)(H,22,23). The smallest absolute Gasteiger partial charge is 0.417 e. The van der Waals surface area contributed by atoms with Gasteiger partial charge in [0.1, 0.15) is 22.7 Å². The second kappa shape index (κ2) is 5.04. The van der Waals surface area contributed by atoms with Gasteiger partial charge in [-0.05, 0) is 18.2 Å². The van der Waals surface area contributed by atoms with E-state index in [2.05, 4.69) is 15.0 Å². The Morgan fingerprint density at radius 3 is 2.61 bits per heavy atom. The number of imidazole rings is 1. The minimum absolute atomic E-state index is 0.0278. The van der Waals surface area contributed by atoms with E-state index in [0.717, 1.165) is 18.3 Å². The molecule has 0 saturated heterocycles. The number of hydrogen-bond donors (Lipinski definition) is 2. The minimum Gasteiger partial charge on any atom is -0.478 e. The molecule has 0 radical (unpaired) electrons. The molecule has 3 rings (SSSR count). The molecule has 0 aliphatic heterocycles. The number of carbonyl (C=O) groups is 1. The van der Waals surface area contributed by atoms with Crippen molar-refractivity contribution in [1.82, 2.24) is 15.0 Å². The Balaban J connectivity index is 2.26. The molecule has 0 spiro atoms. The summed E-state index contributed by atoms with van der Waals surface area (Å²) in [5.74, 6) is -2.57. The zero-order valence-electron chi connectivity index (χ0n) is 11.1. The van der Waals surface area contributed by atoms with Crippen LogP contribution in [0.15, 0.2) is 30.6 Å². The fourth-order valence-electron chi connectivity index (χ4n) is 2.17. The van der Waals surface area contributed by atoms with Gasteiger partial charge in [-0.2, -0.15) is 13.2 Å². The summed E-state index contributed by atoms with van der Waals surface area (Å²) in [5, 5.41) is 9.06. The summed E-state index contributed by atoms with van der Waals surface area (Å²) in [7, 11) is 0. The minimum atomic E-state index is -4.79. The number of H-pyrrole nitrogens is 1. The molecule has 0 aliphatic rings. The Labute approximate surface area is 125 Å². The summed E-state index contributed by atoms with van der Waals surface area (Å²) in [6.45, 7) is 0. The molecule has 2 heterocycles. The SMILES string of the molecule is O=C(O)c1cncc2[nH]c(-c3ccc(F)cc3C(F)(F)F)nc12. The first-order valence-corrected chi connectivity index (χ1v) is 6.21. The van der Waals surface area contributed by atoms with Crippen LogP contribution in [0.2, 0.25) is 0 Å². The van der Waals surface area contributed by atoms with Gasteiger partial charge in [0.2, 0.25) is 0 Å². The number of fused-ring (bicyclic) bond motifs is 1. The number of nitrogens with one attached hydrogen (secondary N) is 1. The predicted octanol–water partition coefficient (Wildman–Crippen LogP) is 3.48. The molecule has 0 bridgehead atoms. The number of carboxylic acids is 1. The molecule has 0 fully saturated rings. The zero-order chi connectivity index (χ0) is 16.8. The van der Waals surface area contributed by atoms with Crippen molar-refractivity contribution in [3.05, 3.63) is 47.5 Å². The number of rotatable bonds is 2. The van der Waals surface area contributed by atoms with Crippen LogP contribution in [0.3, 0.4) is 0 Å². The van der Waals surface area contributed by atoms with Crippen LogP contribution in [0.4, 0.5) is 17.6 Å². The van der Waals surface area contributed by atoms with Crippen LogP contribution < -0.4 is 0 Å². The third-order valence-corrected chi connectivity index (χ3v) is 3.17. The van der Waals surface area contributed by atoms with E-state index >= 15 is 0 Å². The van der Waals surface area contributed by atoms with E-state index in [1.807, 2.05) is 0 Å². The number of pyridine rings is 1. The molecule has 0 amide bonds. The van der Waals surface area contributed by atoms with Crippen molar-refractivity contribution in [2.75, 3.05) is 0 Å². The molecule has 118 valence electrons. The molecule has 5 nitrogen and oxygen atoms in total. The lowest BCUT2D eigenvalue weighted by Gasteiger charge is -2.11. The molecule has 2 aromatic heterocycles. The maximum atomic E-state index is 13.1. The van der Waals surface area contributed by atoms with Gasteiger partial charge in [0.15, 0.2) is 0 Å². The number of aromatic carboxylic acids is 1. The van der Waals surface area contributed by atoms with E-state index in [9.17, 15) is 22.4 Å². The van der Waals surface area contributed by atoms with Crippen LogP contribution in [0.5, 0.6) is 0 Å². The highest BCUT2D eigenvalue weighted by molar-refractivity contribution is 6.01. The fraction of sp³-hybridized carbons (Fsp3) is 0.0714. The normalized spacial score (nSPS) is 11.8. The molecule has 9 heteroatoms. The van der Waals surface area contributed by atoms with Crippen molar-refractivity contribution in [1.29, 1.82) is 0 Å². The van der Waals surface area contributed by atoms with Crippen molar-refractivity contribution < 1.29 is 27.5 Å². The molecular formula is C14H7F4N3O2. The second-order valence-electron chi connectivity index (χ2n) is 4.66. The first kappa shape index (κ1) is 14.9. The Hall–Kier alpha value is -2.97. The average Bonchev–Trinajstić information content (AvgIpc) is 2.89. The van der Waals surface area contributed by atoms with E-state index in [-0.39, 0.29) is 28.0 Å². The van der Waals surface area contributed by atoms with Crippen molar-refractivity contribution >= 4 is 17.0 Å². The number of nitrogens with zero attached hydrogens (tertiary/aromatic N) is 2. The molecule has 0 unspecified atom stereocenters. The van der Waals surface area contributed by atoms with Gasteiger partial charge in [0, 0.05) is 11.8 Å². The largest absolute Gasteiger partial charge is 0.478 e. The van der Waals surface area contributed by atoms with E-state index in [1.165, 1.54) is 6.20 Å². The number of halogens is 4. The monoisotopic (exact) mass is 325 g/mol. The molecule has 1 aromatic carbocycles. The van der Waals surface area contributed by atoms with Gasteiger partial charge in [0.25, 0.3) is 0 Å². The van der Waals surface area contributed by atoms with Crippen LogP contribution in [-0.4, -0.2) is 26.0 Å². The quantitative estimate of drug-likeness (QED) is 0.707. The predicted molar refractivity (Wildman–Crippen MR) is 71.2 cm³/mol. The molecule has 0 saturated carbocycles. The van der Waals surface area contributed by atoms with Crippen LogP contribution in [0.25, 0.3) is 22.4 Å². The fourth-order valence-corrected chi connectivity index (χ4v) is 2.17. The van der Waals surface area contributed by atoms with Crippen molar-refractivity contribution in [3.63, 3.8) is 0 Å². The highest BCUT2D eigenvalue weighted by Gasteiger charge is 2.35.